The van der Waals surface area contributed by atoms with E-state index in [0.717, 1.165) is 18.8 Å². The molecule has 0 aromatic rings. The van der Waals surface area contributed by atoms with Crippen LogP contribution >= 0.6 is 0 Å². The Bertz CT molecular complexity index is 681. The van der Waals surface area contributed by atoms with Gasteiger partial charge < -0.3 is 15.2 Å². The van der Waals surface area contributed by atoms with Crippen LogP contribution in [0.4, 0.5) is 0 Å². The molecule has 4 nitrogen and oxygen atoms in total. The minimum Gasteiger partial charge on any atom is -0.393 e. The summed E-state index contributed by atoms with van der Waals surface area (Å²) in [5, 5.41) is 13.4. The Labute approximate surface area is 162 Å². The van der Waals surface area contributed by atoms with Crippen molar-refractivity contribution in [3.63, 3.8) is 0 Å². The number of nitrogens with one attached hydrogen (secondary N) is 1. The summed E-state index contributed by atoms with van der Waals surface area (Å²) < 4.78 is 7.00. The van der Waals surface area contributed by atoms with E-state index in [0.29, 0.717) is 35.5 Å². The van der Waals surface area contributed by atoms with Gasteiger partial charge in [0.05, 0.1) is 11.7 Å². The number of rotatable bonds is 0. The first kappa shape index (κ1) is 17.3. The van der Waals surface area contributed by atoms with E-state index in [4.69, 9.17) is 4.74 Å². The molecule has 0 radical (unpaired) electrons. The summed E-state index contributed by atoms with van der Waals surface area (Å²) in [5.74, 6) is 3.28. The molecule has 6 aliphatic rings. The second-order valence-corrected chi connectivity index (χ2v) is 11.4. The zero-order valence-electron chi connectivity index (χ0n) is 16.9. The Morgan fingerprint density at radius 2 is 1.81 bits per heavy atom. The highest BCUT2D eigenvalue weighted by Gasteiger charge is 2.73. The zero-order valence-corrected chi connectivity index (χ0v) is 16.9. The third-order valence-electron chi connectivity index (χ3n) is 10.8. The number of amides is 1. The maximum absolute atomic E-state index is 12.1. The molecule has 27 heavy (non-hydrogen) atoms. The summed E-state index contributed by atoms with van der Waals surface area (Å²) in [6.07, 6.45) is 11.3. The lowest BCUT2D eigenvalue weighted by atomic mass is 9.42. The number of fused-ring (bicyclic) bond motifs is 5. The standard InChI is InChI=1S/C23H35NO3/c1-21-8-5-14(25)11-13(21)3-4-18-17(21)6-9-22(2)16-7-10-23(18,22)27-20-15(16)12-19(26)24-20/h13-18,20,25H,3-12H2,1-2H3,(H,24,26)/t13-,14+,15+,16+,17-,18+,20-,21-,22+,23-/m0/s1. The van der Waals surface area contributed by atoms with Crippen LogP contribution in [0, 0.1) is 40.4 Å². The molecular formula is C23H35NO3. The van der Waals surface area contributed by atoms with Gasteiger partial charge >= 0.3 is 0 Å². The van der Waals surface area contributed by atoms with Gasteiger partial charge in [-0.25, -0.2) is 0 Å². The van der Waals surface area contributed by atoms with Gasteiger partial charge in [-0.15, -0.1) is 0 Å². The molecule has 4 heteroatoms. The molecule has 10 atom stereocenters. The maximum atomic E-state index is 12.1. The van der Waals surface area contributed by atoms with Gasteiger partial charge in [-0.3, -0.25) is 4.79 Å². The first-order valence-electron chi connectivity index (χ1n) is 11.5. The van der Waals surface area contributed by atoms with E-state index in [2.05, 4.69) is 19.2 Å². The Balaban J connectivity index is 1.39. The van der Waals surface area contributed by atoms with Gasteiger partial charge in [0.2, 0.25) is 5.91 Å². The average molecular weight is 374 g/mol. The lowest BCUT2D eigenvalue weighted by Crippen LogP contribution is -2.67. The van der Waals surface area contributed by atoms with E-state index >= 15 is 0 Å². The normalized spacial score (nSPS) is 61.4. The Morgan fingerprint density at radius 3 is 2.67 bits per heavy atom. The summed E-state index contributed by atoms with van der Waals surface area (Å²) in [4.78, 5) is 12.1. The average Bonchev–Trinajstić information content (AvgIpc) is 3.08. The third-order valence-corrected chi connectivity index (χ3v) is 10.8. The predicted octanol–water partition coefficient (Wildman–Crippen LogP) is 3.62. The van der Waals surface area contributed by atoms with Crippen molar-refractivity contribution in [1.82, 2.24) is 5.32 Å². The molecule has 0 aromatic carbocycles. The SMILES string of the molecule is C[C@]12CC[C@@H](O)C[C@@H]1CC[C@@H]1[C@@H]2CC[C@]2(C)[C@@H]3CC[C@]12O[C@@H]1NC(=O)C[C@H]31. The largest absolute Gasteiger partial charge is 0.393 e. The van der Waals surface area contributed by atoms with Crippen molar-refractivity contribution in [1.29, 1.82) is 0 Å². The zero-order chi connectivity index (χ0) is 18.6. The summed E-state index contributed by atoms with van der Waals surface area (Å²) >= 11 is 0. The van der Waals surface area contributed by atoms with Gasteiger partial charge in [-0.1, -0.05) is 13.8 Å². The molecule has 0 spiro atoms. The molecule has 6 rings (SSSR count). The smallest absolute Gasteiger partial charge is 0.222 e. The highest BCUT2D eigenvalue weighted by Crippen LogP contribution is 2.73. The molecule has 2 aliphatic heterocycles. The minimum atomic E-state index is -0.0807. The van der Waals surface area contributed by atoms with Crippen molar-refractivity contribution >= 4 is 5.91 Å². The van der Waals surface area contributed by atoms with Crippen LogP contribution in [-0.4, -0.2) is 28.9 Å². The Morgan fingerprint density at radius 1 is 1.00 bits per heavy atom. The van der Waals surface area contributed by atoms with Gasteiger partial charge in [0, 0.05) is 17.8 Å². The molecular weight excluding hydrogens is 338 g/mol. The third kappa shape index (κ3) is 1.95. The fourth-order valence-corrected chi connectivity index (χ4v) is 9.52. The van der Waals surface area contributed by atoms with Gasteiger partial charge in [0.25, 0.3) is 0 Å². The molecule has 2 bridgehead atoms. The highest BCUT2D eigenvalue weighted by atomic mass is 16.5. The summed E-state index contributed by atoms with van der Waals surface area (Å²) in [6, 6.07) is 0. The second-order valence-electron chi connectivity index (χ2n) is 11.4. The second kappa shape index (κ2) is 5.30. The monoisotopic (exact) mass is 373 g/mol. The van der Waals surface area contributed by atoms with Crippen molar-refractivity contribution in [3.05, 3.63) is 0 Å². The Kier molecular flexibility index (Phi) is 3.39. The van der Waals surface area contributed by atoms with E-state index in [-0.39, 0.29) is 29.3 Å². The molecule has 0 aromatic heterocycles. The van der Waals surface area contributed by atoms with E-state index in [1.807, 2.05) is 0 Å². The van der Waals surface area contributed by atoms with Crippen molar-refractivity contribution in [2.45, 2.75) is 96.0 Å². The molecule has 1 amide bonds. The topological polar surface area (TPSA) is 58.6 Å². The molecule has 150 valence electrons. The van der Waals surface area contributed by atoms with Crippen LogP contribution in [0.2, 0.25) is 0 Å². The molecule has 2 heterocycles. The number of carbonyl (C=O) groups excluding carboxylic acids is 1. The molecule has 2 saturated heterocycles. The van der Waals surface area contributed by atoms with E-state index in [1.165, 1.54) is 44.9 Å². The van der Waals surface area contributed by atoms with E-state index in [9.17, 15) is 9.90 Å². The van der Waals surface area contributed by atoms with Gasteiger partial charge in [0.1, 0.15) is 6.23 Å². The quantitative estimate of drug-likeness (QED) is 0.682. The Hall–Kier alpha value is -0.610. The molecule has 4 aliphatic carbocycles. The van der Waals surface area contributed by atoms with Crippen molar-refractivity contribution in [2.75, 3.05) is 0 Å². The summed E-state index contributed by atoms with van der Waals surface area (Å²) in [5.41, 5.74) is 0.595. The number of ether oxygens (including phenoxy) is 1. The van der Waals surface area contributed by atoms with Crippen LogP contribution in [0.5, 0.6) is 0 Å². The summed E-state index contributed by atoms with van der Waals surface area (Å²) in [6.45, 7) is 5.05. The van der Waals surface area contributed by atoms with Gasteiger partial charge in [-0.05, 0) is 86.9 Å². The summed E-state index contributed by atoms with van der Waals surface area (Å²) in [7, 11) is 0. The number of aliphatic hydroxyl groups is 1. The minimum absolute atomic E-state index is 0.0244. The number of aliphatic hydroxyl groups excluding tert-OH is 1. The van der Waals surface area contributed by atoms with Crippen LogP contribution < -0.4 is 5.32 Å². The lowest BCUT2D eigenvalue weighted by molar-refractivity contribution is -0.288. The van der Waals surface area contributed by atoms with Crippen LogP contribution in [0.3, 0.4) is 0 Å². The first-order chi connectivity index (χ1) is 12.9. The lowest BCUT2D eigenvalue weighted by Gasteiger charge is -2.67. The number of hydrogen-bond acceptors (Lipinski definition) is 3. The molecule has 6 fully saturated rings. The van der Waals surface area contributed by atoms with Crippen molar-refractivity contribution < 1.29 is 14.6 Å². The fraction of sp³-hybridized carbons (Fsp3) is 0.957. The van der Waals surface area contributed by atoms with Crippen molar-refractivity contribution in [3.8, 4) is 0 Å². The molecule has 4 saturated carbocycles. The van der Waals surface area contributed by atoms with Crippen LogP contribution in [0.25, 0.3) is 0 Å². The molecule has 0 unspecified atom stereocenters. The first-order valence-corrected chi connectivity index (χ1v) is 11.5. The van der Waals surface area contributed by atoms with Crippen LogP contribution in [0.1, 0.15) is 78.1 Å². The van der Waals surface area contributed by atoms with Crippen molar-refractivity contribution in [2.24, 2.45) is 40.4 Å². The van der Waals surface area contributed by atoms with Crippen LogP contribution in [-0.2, 0) is 9.53 Å². The number of carbonyl (C=O) groups is 1. The maximum Gasteiger partial charge on any atom is 0.222 e. The van der Waals surface area contributed by atoms with Gasteiger partial charge in [0.15, 0.2) is 0 Å². The number of hydrogen-bond donors (Lipinski definition) is 2. The van der Waals surface area contributed by atoms with E-state index in [1.54, 1.807) is 0 Å². The predicted molar refractivity (Wildman–Crippen MR) is 102 cm³/mol. The van der Waals surface area contributed by atoms with Gasteiger partial charge in [-0.2, -0.15) is 0 Å². The van der Waals surface area contributed by atoms with E-state index < -0.39 is 0 Å². The van der Waals surface area contributed by atoms with Crippen LogP contribution in [0.15, 0.2) is 0 Å². The molecule has 2 N–H and O–H groups in total. The fourth-order valence-electron chi connectivity index (χ4n) is 9.52. The highest BCUT2D eigenvalue weighted by molar-refractivity contribution is 5.79.